The maximum atomic E-state index is 5.77. The predicted octanol–water partition coefficient (Wildman–Crippen LogP) is 2.96. The van der Waals surface area contributed by atoms with Crippen LogP contribution in [0.4, 0.5) is 0 Å². The molecule has 0 aliphatic heterocycles. The Labute approximate surface area is 117 Å². The Morgan fingerprint density at radius 1 is 1.20 bits per heavy atom. The smallest absolute Gasteiger partial charge is 0.250 e. The van der Waals surface area contributed by atoms with E-state index in [1.807, 2.05) is 44.2 Å². The van der Waals surface area contributed by atoms with Crippen molar-refractivity contribution in [2.75, 3.05) is 6.54 Å². The van der Waals surface area contributed by atoms with Crippen LogP contribution in [-0.2, 0) is 0 Å². The molecule has 20 heavy (non-hydrogen) atoms. The molecule has 2 aromatic heterocycles. The third-order valence-electron chi connectivity index (χ3n) is 3.18. The van der Waals surface area contributed by atoms with Crippen LogP contribution in [-0.4, -0.2) is 21.7 Å². The zero-order valence-electron chi connectivity index (χ0n) is 11.5. The van der Waals surface area contributed by atoms with E-state index in [0.717, 1.165) is 23.0 Å². The summed E-state index contributed by atoms with van der Waals surface area (Å²) in [5.74, 6) is 1.10. The van der Waals surface area contributed by atoms with Gasteiger partial charge in [-0.1, -0.05) is 25.1 Å². The third-order valence-corrected chi connectivity index (χ3v) is 3.18. The fraction of sp³-hybridized carbons (Fsp3) is 0.267. The van der Waals surface area contributed by atoms with E-state index in [1.165, 1.54) is 0 Å². The van der Waals surface area contributed by atoms with Gasteiger partial charge in [0.2, 0.25) is 11.8 Å². The lowest BCUT2D eigenvalue weighted by molar-refractivity contribution is 0.429. The molecule has 3 aromatic rings. The van der Waals surface area contributed by atoms with Gasteiger partial charge in [-0.2, -0.15) is 0 Å². The summed E-state index contributed by atoms with van der Waals surface area (Å²) in [5, 5.41) is 12.6. The molecular formula is C15H16N4O. The van der Waals surface area contributed by atoms with Crippen molar-refractivity contribution in [3.63, 3.8) is 0 Å². The van der Waals surface area contributed by atoms with Crippen molar-refractivity contribution in [2.24, 2.45) is 0 Å². The van der Waals surface area contributed by atoms with Crippen LogP contribution < -0.4 is 5.32 Å². The van der Waals surface area contributed by atoms with Crippen molar-refractivity contribution in [1.82, 2.24) is 20.5 Å². The predicted molar refractivity (Wildman–Crippen MR) is 77.1 cm³/mol. The Kier molecular flexibility index (Phi) is 3.43. The first kappa shape index (κ1) is 12.7. The van der Waals surface area contributed by atoms with Crippen LogP contribution in [0.25, 0.3) is 22.4 Å². The van der Waals surface area contributed by atoms with E-state index < -0.39 is 0 Å². The van der Waals surface area contributed by atoms with Gasteiger partial charge in [-0.15, -0.1) is 10.2 Å². The number of benzene rings is 1. The maximum Gasteiger partial charge on any atom is 0.250 e. The second-order valence-electron chi connectivity index (χ2n) is 4.61. The summed E-state index contributed by atoms with van der Waals surface area (Å²) in [7, 11) is 0. The highest BCUT2D eigenvalue weighted by molar-refractivity contribution is 5.91. The van der Waals surface area contributed by atoms with Gasteiger partial charge in [-0.05, 0) is 25.6 Å². The van der Waals surface area contributed by atoms with E-state index in [1.54, 1.807) is 6.20 Å². The van der Waals surface area contributed by atoms with Gasteiger partial charge in [0.05, 0.1) is 17.1 Å². The zero-order chi connectivity index (χ0) is 13.9. The molecule has 1 atom stereocenters. The Balaban J connectivity index is 2.03. The molecule has 0 aliphatic rings. The molecule has 2 heterocycles. The number of fused-ring (bicyclic) bond motifs is 1. The number of rotatable bonds is 4. The van der Waals surface area contributed by atoms with Crippen LogP contribution in [0.5, 0.6) is 0 Å². The largest absolute Gasteiger partial charge is 0.419 e. The first-order chi connectivity index (χ1) is 9.79. The fourth-order valence-electron chi connectivity index (χ4n) is 2.19. The summed E-state index contributed by atoms with van der Waals surface area (Å²) in [4.78, 5) is 4.40. The van der Waals surface area contributed by atoms with E-state index in [2.05, 4.69) is 20.5 Å². The van der Waals surface area contributed by atoms with E-state index in [9.17, 15) is 0 Å². The van der Waals surface area contributed by atoms with Gasteiger partial charge in [0.25, 0.3) is 0 Å². The van der Waals surface area contributed by atoms with E-state index in [0.29, 0.717) is 11.8 Å². The Morgan fingerprint density at radius 3 is 2.90 bits per heavy atom. The number of hydrogen-bond donors (Lipinski definition) is 1. The van der Waals surface area contributed by atoms with Crippen molar-refractivity contribution < 1.29 is 4.42 Å². The van der Waals surface area contributed by atoms with Crippen molar-refractivity contribution in [1.29, 1.82) is 0 Å². The van der Waals surface area contributed by atoms with Crippen LogP contribution >= 0.6 is 0 Å². The molecule has 1 aromatic carbocycles. The molecule has 0 saturated heterocycles. The number of nitrogens with zero attached hydrogens (tertiary/aromatic N) is 3. The molecule has 3 rings (SSSR count). The Morgan fingerprint density at radius 2 is 2.05 bits per heavy atom. The number of para-hydroxylation sites is 1. The molecule has 0 bridgehead atoms. The van der Waals surface area contributed by atoms with Gasteiger partial charge in [0, 0.05) is 11.6 Å². The summed E-state index contributed by atoms with van der Waals surface area (Å²) in [6, 6.07) is 9.92. The van der Waals surface area contributed by atoms with Gasteiger partial charge < -0.3 is 9.73 Å². The lowest BCUT2D eigenvalue weighted by atomic mass is 10.1. The average molecular weight is 268 g/mol. The number of nitrogens with one attached hydrogen (secondary N) is 1. The number of hydrogen-bond acceptors (Lipinski definition) is 5. The van der Waals surface area contributed by atoms with Crippen molar-refractivity contribution in [3.05, 3.63) is 42.4 Å². The molecule has 0 aliphatic carbocycles. The summed E-state index contributed by atoms with van der Waals surface area (Å²) < 4.78 is 5.77. The monoisotopic (exact) mass is 268 g/mol. The molecule has 0 spiro atoms. The SMILES string of the molecule is CCNC(C)c1nnc(-c2cccc3cccnc23)o1. The summed E-state index contributed by atoms with van der Waals surface area (Å²) >= 11 is 0. The van der Waals surface area contributed by atoms with Crippen molar-refractivity contribution >= 4 is 10.9 Å². The Bertz CT molecular complexity index is 717. The summed E-state index contributed by atoms with van der Waals surface area (Å²) in [6.07, 6.45) is 1.77. The minimum atomic E-state index is 0.0455. The molecular weight excluding hydrogens is 252 g/mol. The highest BCUT2D eigenvalue weighted by Crippen LogP contribution is 2.26. The van der Waals surface area contributed by atoms with E-state index in [4.69, 9.17) is 4.42 Å². The second-order valence-corrected chi connectivity index (χ2v) is 4.61. The van der Waals surface area contributed by atoms with E-state index >= 15 is 0 Å². The fourth-order valence-corrected chi connectivity index (χ4v) is 2.19. The maximum absolute atomic E-state index is 5.77. The van der Waals surface area contributed by atoms with Crippen LogP contribution in [0.2, 0.25) is 0 Å². The normalized spacial score (nSPS) is 12.7. The molecule has 0 amide bonds. The summed E-state index contributed by atoms with van der Waals surface area (Å²) in [5.41, 5.74) is 1.74. The minimum Gasteiger partial charge on any atom is -0.419 e. The lowest BCUT2D eigenvalue weighted by Gasteiger charge is -2.06. The summed E-state index contributed by atoms with van der Waals surface area (Å²) in [6.45, 7) is 4.90. The second kappa shape index (κ2) is 5.38. The molecule has 0 saturated carbocycles. The third kappa shape index (κ3) is 2.28. The molecule has 5 heteroatoms. The molecule has 1 N–H and O–H groups in total. The first-order valence-corrected chi connectivity index (χ1v) is 6.70. The topological polar surface area (TPSA) is 63.8 Å². The van der Waals surface area contributed by atoms with Gasteiger partial charge in [-0.25, -0.2) is 0 Å². The van der Waals surface area contributed by atoms with Gasteiger partial charge in [0.1, 0.15) is 0 Å². The van der Waals surface area contributed by atoms with Crippen molar-refractivity contribution in [3.8, 4) is 11.5 Å². The first-order valence-electron chi connectivity index (χ1n) is 6.70. The minimum absolute atomic E-state index is 0.0455. The Hall–Kier alpha value is -2.27. The lowest BCUT2D eigenvalue weighted by Crippen LogP contribution is -2.17. The highest BCUT2D eigenvalue weighted by atomic mass is 16.4. The molecule has 1 unspecified atom stereocenters. The highest BCUT2D eigenvalue weighted by Gasteiger charge is 2.15. The van der Waals surface area contributed by atoms with Crippen LogP contribution in [0.3, 0.4) is 0 Å². The van der Waals surface area contributed by atoms with Crippen LogP contribution in [0, 0.1) is 0 Å². The zero-order valence-corrected chi connectivity index (χ0v) is 11.5. The van der Waals surface area contributed by atoms with Gasteiger partial charge >= 0.3 is 0 Å². The average Bonchev–Trinajstić information content (AvgIpc) is 2.97. The van der Waals surface area contributed by atoms with Crippen LogP contribution in [0.1, 0.15) is 25.8 Å². The van der Waals surface area contributed by atoms with Crippen molar-refractivity contribution in [2.45, 2.75) is 19.9 Å². The standard InChI is InChI=1S/C15H16N4O/c1-3-16-10(2)14-18-19-15(20-14)12-8-4-6-11-7-5-9-17-13(11)12/h4-10,16H,3H2,1-2H3. The van der Waals surface area contributed by atoms with E-state index in [-0.39, 0.29) is 6.04 Å². The molecule has 0 radical (unpaired) electrons. The van der Waals surface area contributed by atoms with Crippen LogP contribution in [0.15, 0.2) is 40.9 Å². The molecule has 5 nitrogen and oxygen atoms in total. The molecule has 102 valence electrons. The number of pyridine rings is 1. The quantitative estimate of drug-likeness (QED) is 0.788. The van der Waals surface area contributed by atoms with Gasteiger partial charge in [0.15, 0.2) is 0 Å². The van der Waals surface area contributed by atoms with Gasteiger partial charge in [-0.3, -0.25) is 4.98 Å². The molecule has 0 fully saturated rings. The number of aromatic nitrogens is 3.